The lowest BCUT2D eigenvalue weighted by molar-refractivity contribution is -0.115. The summed E-state index contributed by atoms with van der Waals surface area (Å²) in [7, 11) is 1.62. The van der Waals surface area contributed by atoms with Crippen molar-refractivity contribution in [3.8, 4) is 5.75 Å². The number of para-hydroxylation sites is 1. The van der Waals surface area contributed by atoms with Crippen molar-refractivity contribution in [2.24, 2.45) is 0 Å². The second-order valence-corrected chi connectivity index (χ2v) is 5.82. The number of ether oxygens (including phenoxy) is 1. The van der Waals surface area contributed by atoms with Gasteiger partial charge in [-0.05, 0) is 54.0 Å². The average Bonchev–Trinajstić information content (AvgIpc) is 3.04. The van der Waals surface area contributed by atoms with Gasteiger partial charge in [0.2, 0.25) is 5.91 Å². The van der Waals surface area contributed by atoms with E-state index in [0.717, 1.165) is 30.0 Å². The topological polar surface area (TPSA) is 41.6 Å². The van der Waals surface area contributed by atoms with Crippen molar-refractivity contribution >= 4 is 35.0 Å². The van der Waals surface area contributed by atoms with E-state index in [0.29, 0.717) is 5.11 Å². The number of benzene rings is 2. The number of carbonyl (C=O) groups excluding carboxylic acids is 1. The molecule has 1 N–H and O–H groups in total. The molecule has 0 aliphatic carbocycles. The molecule has 0 saturated heterocycles. The number of amides is 1. The second-order valence-electron chi connectivity index (χ2n) is 5.43. The molecule has 0 radical (unpaired) electrons. The van der Waals surface area contributed by atoms with Crippen LogP contribution in [0.25, 0.3) is 6.08 Å². The van der Waals surface area contributed by atoms with Crippen LogP contribution < -0.4 is 15.0 Å². The zero-order valence-corrected chi connectivity index (χ0v) is 14.2. The molecule has 0 bridgehead atoms. The van der Waals surface area contributed by atoms with E-state index in [1.165, 1.54) is 11.6 Å². The van der Waals surface area contributed by atoms with E-state index in [1.807, 2.05) is 47.4 Å². The molecule has 24 heavy (non-hydrogen) atoms. The number of hydrogen-bond acceptors (Lipinski definition) is 3. The first-order valence-electron chi connectivity index (χ1n) is 7.70. The molecular formula is C19H18N2O2S. The predicted octanol–water partition coefficient (Wildman–Crippen LogP) is 3.17. The quantitative estimate of drug-likeness (QED) is 0.689. The highest BCUT2D eigenvalue weighted by Crippen LogP contribution is 2.27. The van der Waals surface area contributed by atoms with Crippen molar-refractivity contribution in [1.82, 2.24) is 5.32 Å². The Labute approximate surface area is 146 Å². The average molecular weight is 338 g/mol. The van der Waals surface area contributed by atoms with Crippen molar-refractivity contribution in [2.75, 3.05) is 18.6 Å². The molecule has 0 aromatic heterocycles. The van der Waals surface area contributed by atoms with Gasteiger partial charge in [0.1, 0.15) is 5.75 Å². The minimum atomic E-state index is -0.236. The van der Waals surface area contributed by atoms with Crippen molar-refractivity contribution in [1.29, 1.82) is 0 Å². The summed E-state index contributed by atoms with van der Waals surface area (Å²) in [5, 5.41) is 3.20. The molecule has 0 spiro atoms. The Bertz CT molecular complexity index is 784. The van der Waals surface area contributed by atoms with Gasteiger partial charge in [-0.3, -0.25) is 10.1 Å². The number of nitrogens with one attached hydrogen (secondary N) is 1. The Morgan fingerprint density at radius 3 is 2.71 bits per heavy atom. The molecule has 0 atom stereocenters. The van der Waals surface area contributed by atoms with Crippen LogP contribution in [0.1, 0.15) is 11.1 Å². The normalized spacial score (nSPS) is 13.0. The zero-order chi connectivity index (χ0) is 16.9. The van der Waals surface area contributed by atoms with Gasteiger partial charge >= 0.3 is 0 Å². The number of methoxy groups -OCH3 is 1. The molecule has 1 aliphatic rings. The van der Waals surface area contributed by atoms with E-state index in [9.17, 15) is 4.79 Å². The first kappa shape index (κ1) is 16.2. The number of carbonyl (C=O) groups is 1. The molecule has 0 fully saturated rings. The van der Waals surface area contributed by atoms with Crippen LogP contribution >= 0.6 is 12.2 Å². The highest BCUT2D eigenvalue weighted by atomic mass is 32.1. The van der Waals surface area contributed by atoms with Crippen LogP contribution in [0.5, 0.6) is 5.75 Å². The number of hydrogen-bond donors (Lipinski definition) is 1. The maximum absolute atomic E-state index is 12.1. The van der Waals surface area contributed by atoms with Gasteiger partial charge in [0, 0.05) is 18.3 Å². The highest BCUT2D eigenvalue weighted by molar-refractivity contribution is 7.80. The Balaban J connectivity index is 1.60. The second kappa shape index (κ2) is 7.27. The fraction of sp³-hybridized carbons (Fsp3) is 0.158. The molecule has 1 amide bonds. The van der Waals surface area contributed by atoms with E-state index >= 15 is 0 Å². The van der Waals surface area contributed by atoms with E-state index < -0.39 is 0 Å². The fourth-order valence-corrected chi connectivity index (χ4v) is 2.94. The van der Waals surface area contributed by atoms with E-state index in [1.54, 1.807) is 13.2 Å². The molecule has 1 aliphatic heterocycles. The van der Waals surface area contributed by atoms with Crippen LogP contribution in [0.15, 0.2) is 54.6 Å². The summed E-state index contributed by atoms with van der Waals surface area (Å²) < 4.78 is 5.11. The molecular weight excluding hydrogens is 320 g/mol. The summed E-state index contributed by atoms with van der Waals surface area (Å²) >= 11 is 5.37. The molecule has 2 aromatic rings. The fourth-order valence-electron chi connectivity index (χ4n) is 2.65. The molecule has 4 nitrogen and oxygen atoms in total. The monoisotopic (exact) mass is 338 g/mol. The van der Waals surface area contributed by atoms with Crippen LogP contribution in [-0.2, 0) is 11.2 Å². The zero-order valence-electron chi connectivity index (χ0n) is 13.4. The minimum Gasteiger partial charge on any atom is -0.497 e. The Kier molecular flexibility index (Phi) is 4.91. The van der Waals surface area contributed by atoms with Gasteiger partial charge in [-0.25, -0.2) is 0 Å². The van der Waals surface area contributed by atoms with Crippen LogP contribution in [0.2, 0.25) is 0 Å². The summed E-state index contributed by atoms with van der Waals surface area (Å²) in [5.41, 5.74) is 3.24. The Hall–Kier alpha value is -2.66. The summed E-state index contributed by atoms with van der Waals surface area (Å²) in [6.45, 7) is 0.792. The lowest BCUT2D eigenvalue weighted by atomic mass is 10.2. The largest absolute Gasteiger partial charge is 0.497 e. The Morgan fingerprint density at radius 2 is 1.96 bits per heavy atom. The van der Waals surface area contributed by atoms with Crippen molar-refractivity contribution in [3.05, 3.63) is 65.7 Å². The number of rotatable bonds is 3. The number of anilines is 1. The molecule has 1 heterocycles. The SMILES string of the molecule is COc1ccc(/C=C/C(=O)NC(=S)N2CCc3ccccc32)cc1. The van der Waals surface area contributed by atoms with Crippen molar-refractivity contribution in [2.45, 2.75) is 6.42 Å². The third kappa shape index (κ3) is 3.63. The van der Waals surface area contributed by atoms with Gasteiger partial charge in [0.05, 0.1) is 7.11 Å². The molecule has 0 unspecified atom stereocenters. The number of fused-ring (bicyclic) bond motifs is 1. The van der Waals surface area contributed by atoms with Crippen molar-refractivity contribution in [3.63, 3.8) is 0 Å². The predicted molar refractivity (Wildman–Crippen MR) is 100 cm³/mol. The lowest BCUT2D eigenvalue weighted by Gasteiger charge is -2.19. The van der Waals surface area contributed by atoms with Gasteiger partial charge < -0.3 is 9.64 Å². The van der Waals surface area contributed by atoms with E-state index in [4.69, 9.17) is 17.0 Å². The van der Waals surface area contributed by atoms with Gasteiger partial charge in [-0.1, -0.05) is 30.3 Å². The summed E-state index contributed by atoms with van der Waals surface area (Å²) in [6.07, 6.45) is 4.17. The maximum atomic E-state index is 12.1. The molecule has 2 aromatic carbocycles. The first-order valence-corrected chi connectivity index (χ1v) is 8.11. The van der Waals surface area contributed by atoms with Crippen molar-refractivity contribution < 1.29 is 9.53 Å². The van der Waals surface area contributed by atoms with Crippen LogP contribution in [0.3, 0.4) is 0 Å². The first-order chi connectivity index (χ1) is 11.7. The van der Waals surface area contributed by atoms with Crippen LogP contribution in [0.4, 0.5) is 5.69 Å². The smallest absolute Gasteiger partial charge is 0.250 e. The van der Waals surface area contributed by atoms with Gasteiger partial charge in [-0.2, -0.15) is 0 Å². The van der Waals surface area contributed by atoms with E-state index in [-0.39, 0.29) is 5.91 Å². The number of nitrogens with zero attached hydrogens (tertiary/aromatic N) is 1. The maximum Gasteiger partial charge on any atom is 0.250 e. The van der Waals surface area contributed by atoms with Gasteiger partial charge in [0.15, 0.2) is 5.11 Å². The lowest BCUT2D eigenvalue weighted by Crippen LogP contribution is -2.41. The van der Waals surface area contributed by atoms with Gasteiger partial charge in [-0.15, -0.1) is 0 Å². The van der Waals surface area contributed by atoms with Gasteiger partial charge in [0.25, 0.3) is 0 Å². The molecule has 5 heteroatoms. The third-order valence-electron chi connectivity index (χ3n) is 3.91. The third-order valence-corrected chi connectivity index (χ3v) is 4.23. The summed E-state index contributed by atoms with van der Waals surface area (Å²) in [5.74, 6) is 0.547. The molecule has 0 saturated carbocycles. The molecule has 122 valence electrons. The molecule has 3 rings (SSSR count). The highest BCUT2D eigenvalue weighted by Gasteiger charge is 2.22. The Morgan fingerprint density at radius 1 is 1.21 bits per heavy atom. The van der Waals surface area contributed by atoms with Crippen LogP contribution in [-0.4, -0.2) is 24.7 Å². The number of thiocarbonyl (C=S) groups is 1. The van der Waals surface area contributed by atoms with E-state index in [2.05, 4.69) is 11.4 Å². The minimum absolute atomic E-state index is 0.236. The standard InChI is InChI=1S/C19H18N2O2S/c1-23-16-9-6-14(7-10-16)8-11-18(22)20-19(24)21-13-12-15-4-2-3-5-17(15)21/h2-11H,12-13H2,1H3,(H,20,22,24)/b11-8+. The summed E-state index contributed by atoms with van der Waals surface area (Å²) in [6, 6.07) is 15.6. The summed E-state index contributed by atoms with van der Waals surface area (Å²) in [4.78, 5) is 14.0. The van der Waals surface area contributed by atoms with Crippen LogP contribution in [0, 0.1) is 0 Å².